The van der Waals surface area contributed by atoms with E-state index in [1.54, 1.807) is 11.2 Å². The number of carbonyl (C=O) groups excluding carboxylic acids is 2. The first-order valence-corrected chi connectivity index (χ1v) is 11.1. The van der Waals surface area contributed by atoms with E-state index < -0.39 is 0 Å². The molecule has 3 rings (SSSR count). The Morgan fingerprint density at radius 1 is 1.13 bits per heavy atom. The minimum atomic E-state index is -0.258. The summed E-state index contributed by atoms with van der Waals surface area (Å²) in [7, 11) is 0. The van der Waals surface area contributed by atoms with Gasteiger partial charge in [-0.1, -0.05) is 42.8 Å². The molecule has 0 atom stereocenters. The summed E-state index contributed by atoms with van der Waals surface area (Å²) in [6, 6.07) is 12.0. The molecule has 31 heavy (non-hydrogen) atoms. The summed E-state index contributed by atoms with van der Waals surface area (Å²) in [5.41, 5.74) is 3.33. The average Bonchev–Trinajstić information content (AvgIpc) is 3.21. The molecule has 2 amide bonds. The highest BCUT2D eigenvalue weighted by molar-refractivity contribution is 7.19. The van der Waals surface area contributed by atoms with E-state index in [4.69, 9.17) is 11.6 Å². The lowest BCUT2D eigenvalue weighted by Crippen LogP contribution is -2.38. The van der Waals surface area contributed by atoms with Gasteiger partial charge in [0.15, 0.2) is 0 Å². The lowest BCUT2D eigenvalue weighted by Gasteiger charge is -2.24. The highest BCUT2D eigenvalue weighted by Gasteiger charge is 2.17. The van der Waals surface area contributed by atoms with Gasteiger partial charge in [0.2, 0.25) is 5.91 Å². The van der Waals surface area contributed by atoms with Gasteiger partial charge in [0.05, 0.1) is 10.0 Å². The zero-order valence-electron chi connectivity index (χ0n) is 17.4. The number of amides is 2. The molecule has 2 heterocycles. The van der Waals surface area contributed by atoms with Crippen LogP contribution in [0, 0.1) is 0 Å². The smallest absolute Gasteiger partial charge is 0.267 e. The largest absolute Gasteiger partial charge is 0.355 e. The van der Waals surface area contributed by atoms with Crippen LogP contribution in [0.3, 0.4) is 0 Å². The number of hydrogen-bond donors (Lipinski definition) is 2. The Morgan fingerprint density at radius 3 is 2.48 bits per heavy atom. The predicted octanol–water partition coefficient (Wildman–Crippen LogP) is 3.77. The molecule has 0 bridgehead atoms. The molecule has 1 aromatic carbocycles. The van der Waals surface area contributed by atoms with Crippen LogP contribution in [-0.4, -0.2) is 48.5 Å². The highest BCUT2D eigenvalue weighted by atomic mass is 35.5. The summed E-state index contributed by atoms with van der Waals surface area (Å²) in [5, 5.41) is 11.7. The average molecular weight is 458 g/mol. The second kappa shape index (κ2) is 10.9. The Kier molecular flexibility index (Phi) is 7.97. The minimum Gasteiger partial charge on any atom is -0.355 e. The number of thiophene rings is 1. The number of nitrogens with zero attached hydrogens (tertiary/aromatic N) is 3. The monoisotopic (exact) mass is 457 g/mol. The van der Waals surface area contributed by atoms with Crippen LogP contribution in [0.1, 0.15) is 25.8 Å². The molecule has 0 saturated heterocycles. The summed E-state index contributed by atoms with van der Waals surface area (Å²) in [6.45, 7) is 4.36. The number of rotatable bonds is 8. The third-order valence-corrected chi connectivity index (χ3v) is 5.77. The maximum Gasteiger partial charge on any atom is 0.267 e. The van der Waals surface area contributed by atoms with E-state index in [-0.39, 0.29) is 11.8 Å². The van der Waals surface area contributed by atoms with Crippen LogP contribution in [0.4, 0.5) is 0 Å². The Balaban J connectivity index is 1.73. The lowest BCUT2D eigenvalue weighted by molar-refractivity contribution is -0.119. The summed E-state index contributed by atoms with van der Waals surface area (Å²) < 4.78 is 0.758. The number of carbonyl (C=O) groups is 2. The van der Waals surface area contributed by atoms with Crippen molar-refractivity contribution in [1.29, 1.82) is 0 Å². The molecule has 0 unspecified atom stereocenters. The van der Waals surface area contributed by atoms with Crippen molar-refractivity contribution < 1.29 is 9.59 Å². The molecule has 0 spiro atoms. The van der Waals surface area contributed by atoms with Crippen molar-refractivity contribution in [3.63, 3.8) is 0 Å². The van der Waals surface area contributed by atoms with E-state index in [9.17, 15) is 9.59 Å². The first-order valence-electron chi connectivity index (χ1n) is 9.92. The van der Waals surface area contributed by atoms with Crippen LogP contribution < -0.4 is 10.6 Å². The van der Waals surface area contributed by atoms with Gasteiger partial charge in [0.25, 0.3) is 5.91 Å². The number of hydrogen-bond acceptors (Lipinski definition) is 6. The van der Waals surface area contributed by atoms with Gasteiger partial charge in [0.1, 0.15) is 12.4 Å². The van der Waals surface area contributed by atoms with Crippen LogP contribution in [0.15, 0.2) is 52.6 Å². The second-order valence-electron chi connectivity index (χ2n) is 6.74. The van der Waals surface area contributed by atoms with Crippen molar-refractivity contribution >= 4 is 52.4 Å². The number of halogens is 1. The van der Waals surface area contributed by atoms with Gasteiger partial charge in [-0.15, -0.1) is 11.3 Å². The van der Waals surface area contributed by atoms with E-state index in [0.29, 0.717) is 31.9 Å². The first-order chi connectivity index (χ1) is 15.0. The van der Waals surface area contributed by atoms with Crippen molar-refractivity contribution in [3.8, 4) is 10.4 Å². The van der Waals surface area contributed by atoms with Crippen molar-refractivity contribution in [1.82, 2.24) is 15.6 Å². The summed E-state index contributed by atoms with van der Waals surface area (Å²) in [6.07, 6.45) is 4.09. The Labute approximate surface area is 190 Å². The molecule has 2 N–H and O–H groups in total. The maximum atomic E-state index is 12.5. The molecule has 9 heteroatoms. The predicted molar refractivity (Wildman–Crippen MR) is 127 cm³/mol. The summed E-state index contributed by atoms with van der Waals surface area (Å²) in [5.74, 6) is -0.389. The molecular formula is C22H24ClN5O2S. The van der Waals surface area contributed by atoms with E-state index in [1.165, 1.54) is 18.3 Å². The maximum absolute atomic E-state index is 12.5. The number of nitrogens with one attached hydrogen (secondary N) is 2. The Hall–Kier alpha value is -2.97. The molecule has 0 radical (unpaired) electrons. The van der Waals surface area contributed by atoms with Crippen LogP contribution in [0.5, 0.6) is 0 Å². The highest BCUT2D eigenvalue weighted by Crippen LogP contribution is 2.32. The standard InChI is InChI=1S/C22H24ClN5O2S/c1-3-18(22(30)26-13-12-25-15(2)29)27-28-14-24-11-10-19(28)16-4-6-17(7-5-16)20-8-9-21(23)31-20/h4-11H,3,12-14H2,1-2H3,(H,25,29)(H,26,30)/b27-18+. The van der Waals surface area contributed by atoms with Crippen molar-refractivity contribution in [3.05, 3.63) is 52.4 Å². The number of allylic oxidation sites excluding steroid dienone is 1. The third-order valence-electron chi connectivity index (χ3n) is 4.49. The van der Waals surface area contributed by atoms with Crippen molar-refractivity contribution in [2.45, 2.75) is 20.3 Å². The van der Waals surface area contributed by atoms with Crippen LogP contribution >= 0.6 is 22.9 Å². The van der Waals surface area contributed by atoms with Gasteiger partial charge in [-0.05, 0) is 35.8 Å². The normalized spacial score (nSPS) is 13.7. The summed E-state index contributed by atoms with van der Waals surface area (Å²) in [4.78, 5) is 28.8. The molecule has 1 aliphatic heterocycles. The fraction of sp³-hybridized carbons (Fsp3) is 0.273. The molecule has 2 aromatic rings. The minimum absolute atomic E-state index is 0.132. The number of aliphatic imine (C=N–C) groups is 1. The van der Waals surface area contributed by atoms with E-state index in [0.717, 1.165) is 26.0 Å². The van der Waals surface area contributed by atoms with Gasteiger partial charge < -0.3 is 10.6 Å². The molecule has 1 aromatic heterocycles. The van der Waals surface area contributed by atoms with Gasteiger partial charge in [-0.2, -0.15) is 5.10 Å². The van der Waals surface area contributed by atoms with Gasteiger partial charge in [0, 0.05) is 31.1 Å². The Bertz CT molecular complexity index is 1030. The molecule has 0 aliphatic carbocycles. The van der Waals surface area contributed by atoms with Gasteiger partial charge in [-0.25, -0.2) is 5.01 Å². The zero-order chi connectivity index (χ0) is 22.2. The second-order valence-corrected chi connectivity index (χ2v) is 8.46. The topological polar surface area (TPSA) is 86.2 Å². The first kappa shape index (κ1) is 22.7. The summed E-state index contributed by atoms with van der Waals surface area (Å²) >= 11 is 7.58. The van der Waals surface area contributed by atoms with E-state index in [1.807, 2.05) is 49.4 Å². The lowest BCUT2D eigenvalue weighted by atomic mass is 10.1. The number of hydrazone groups is 1. The van der Waals surface area contributed by atoms with Crippen LogP contribution in [0.25, 0.3) is 16.1 Å². The fourth-order valence-corrected chi connectivity index (χ4v) is 4.00. The van der Waals surface area contributed by atoms with E-state index in [2.05, 4.69) is 20.7 Å². The number of benzene rings is 1. The fourth-order valence-electron chi connectivity index (χ4n) is 2.95. The van der Waals surface area contributed by atoms with E-state index >= 15 is 0 Å². The van der Waals surface area contributed by atoms with Crippen molar-refractivity contribution in [2.24, 2.45) is 10.1 Å². The zero-order valence-corrected chi connectivity index (χ0v) is 19.0. The van der Waals surface area contributed by atoms with Crippen LogP contribution in [0.2, 0.25) is 4.34 Å². The molecule has 162 valence electrons. The van der Waals surface area contributed by atoms with Crippen LogP contribution in [-0.2, 0) is 9.59 Å². The molecule has 1 aliphatic rings. The van der Waals surface area contributed by atoms with Crippen molar-refractivity contribution in [2.75, 3.05) is 19.8 Å². The molecular weight excluding hydrogens is 434 g/mol. The van der Waals surface area contributed by atoms with Gasteiger partial charge >= 0.3 is 0 Å². The molecule has 0 saturated carbocycles. The van der Waals surface area contributed by atoms with Gasteiger partial charge in [-0.3, -0.25) is 14.6 Å². The quantitative estimate of drug-likeness (QED) is 0.467. The molecule has 0 fully saturated rings. The molecule has 7 nitrogen and oxygen atoms in total. The Morgan fingerprint density at radius 2 is 1.84 bits per heavy atom. The SMILES string of the molecule is CC/C(=N\N1CN=CC=C1c1ccc(-c2ccc(Cl)s2)cc1)C(=O)NCCNC(C)=O. The third kappa shape index (κ3) is 6.26.